The van der Waals surface area contributed by atoms with Crippen LogP contribution in [0.2, 0.25) is 10.0 Å². The van der Waals surface area contributed by atoms with Gasteiger partial charge in [0.15, 0.2) is 34.9 Å². The van der Waals surface area contributed by atoms with Crippen molar-refractivity contribution in [3.63, 3.8) is 0 Å². The number of nitrogens with zero attached hydrogens (tertiary/aromatic N) is 8. The van der Waals surface area contributed by atoms with Gasteiger partial charge in [-0.15, -0.1) is 0 Å². The summed E-state index contributed by atoms with van der Waals surface area (Å²) in [5.41, 5.74) is 9.62. The van der Waals surface area contributed by atoms with E-state index in [0.29, 0.717) is 50.5 Å². The van der Waals surface area contributed by atoms with Crippen LogP contribution < -0.4 is 26.9 Å². The number of benzene rings is 8. The van der Waals surface area contributed by atoms with Gasteiger partial charge in [-0.05, 0) is 82.6 Å². The number of pyridine rings is 2. The number of halogens is 5. The molecule has 0 fully saturated rings. The first-order chi connectivity index (χ1) is 37.6. The summed E-state index contributed by atoms with van der Waals surface area (Å²) in [6.07, 6.45) is 3.39. The molecule has 378 valence electrons. The first kappa shape index (κ1) is 54.8. The van der Waals surface area contributed by atoms with Crippen LogP contribution in [0.1, 0.15) is 0 Å². The Morgan fingerprint density at radius 1 is 0.403 bits per heavy atom. The Kier molecular flexibility index (Phi) is 19.2. The fourth-order valence-corrected chi connectivity index (χ4v) is 9.22. The van der Waals surface area contributed by atoms with E-state index in [1.54, 1.807) is 12.3 Å². The van der Waals surface area contributed by atoms with Gasteiger partial charge in [-0.1, -0.05) is 197 Å². The summed E-state index contributed by atoms with van der Waals surface area (Å²) in [7, 11) is -1.44. The summed E-state index contributed by atoms with van der Waals surface area (Å²) in [6, 6.07) is 70.3. The monoisotopic (exact) mass is 1330 g/mol. The summed E-state index contributed by atoms with van der Waals surface area (Å²) in [6.45, 7) is 0. The van der Waals surface area contributed by atoms with Crippen molar-refractivity contribution in [2.24, 2.45) is 3.95 Å². The number of nitrogens with two attached hydrogens (primary N) is 1. The molecule has 0 saturated carbocycles. The normalized spacial score (nSPS) is 10.6. The molecule has 0 aliphatic heterocycles. The second-order valence-electron chi connectivity index (χ2n) is 16.7. The van der Waals surface area contributed by atoms with Crippen molar-refractivity contribution in [1.82, 2.24) is 39.9 Å². The van der Waals surface area contributed by atoms with E-state index in [9.17, 15) is 0 Å². The number of hydrogen-bond donors (Lipinski definition) is 3. The van der Waals surface area contributed by atoms with Gasteiger partial charge in [0.2, 0.25) is 0 Å². The molecule has 0 bridgehead atoms. The van der Waals surface area contributed by atoms with E-state index in [0.717, 1.165) is 70.8 Å². The topological polar surface area (TPSA) is 170 Å². The second-order valence-corrected chi connectivity index (χ2v) is 22.1. The third-order valence-electron chi connectivity index (χ3n) is 11.6. The fourth-order valence-electron chi connectivity index (χ4n) is 8.12. The Bertz CT molecular complexity index is 3780. The molecule has 12 aromatic rings. The summed E-state index contributed by atoms with van der Waals surface area (Å²) in [5, 5.41) is 21.2. The maximum absolute atomic E-state index is 9.05. The molecule has 0 unspecified atom stereocenters. The first-order valence-corrected chi connectivity index (χ1v) is 32.7. The molecule has 17 heteroatoms. The Balaban J connectivity index is 0.000000150. The molecule has 0 amide bonds. The van der Waals surface area contributed by atoms with Gasteiger partial charge in [0.05, 0.1) is 11.0 Å². The molecule has 0 atom stereocenters. The minimum absolute atomic E-state index is 0.0600. The van der Waals surface area contributed by atoms with E-state index in [1.807, 2.05) is 206 Å². The molecule has 4 heterocycles. The molecule has 12 rings (SSSR count). The minimum Gasteiger partial charge on any atom is -0.423 e. The van der Waals surface area contributed by atoms with E-state index in [2.05, 4.69) is 71.6 Å². The summed E-state index contributed by atoms with van der Waals surface area (Å²) >= 11 is 18.6. The van der Waals surface area contributed by atoms with E-state index < -0.39 is 7.12 Å². The van der Waals surface area contributed by atoms with Crippen LogP contribution in [0.5, 0.6) is 0 Å². The van der Waals surface area contributed by atoms with E-state index >= 15 is 0 Å². The van der Waals surface area contributed by atoms with Crippen molar-refractivity contribution in [2.45, 2.75) is 0 Å². The van der Waals surface area contributed by atoms with Crippen molar-refractivity contribution in [3.8, 4) is 79.5 Å². The van der Waals surface area contributed by atoms with Crippen molar-refractivity contribution < 1.29 is 27.6 Å². The molecule has 0 spiro atoms. The molecule has 0 radical (unpaired) electrons. The molecular weight excluding hydrogens is 1290 g/mol. The van der Waals surface area contributed by atoms with Gasteiger partial charge >= 0.3 is 47.2 Å². The maximum Gasteiger partial charge on any atom is 0.489 e. The maximum atomic E-state index is 9.05. The van der Waals surface area contributed by atoms with Gasteiger partial charge in [0.25, 0.3) is 0 Å². The number of fused-ring (bicyclic) bond motifs is 2. The van der Waals surface area contributed by atoms with E-state index in [-0.39, 0.29) is 17.5 Å². The molecule has 0 aliphatic rings. The van der Waals surface area contributed by atoms with Crippen molar-refractivity contribution in [1.29, 1.82) is 0 Å². The SMILES string of the molecule is Clc1cc(-c2nc(-c3ccccc3)nc(-c3ccccc3)n2)cc(-c2ccnc3ccccc23)c1.Clc1cc(Br)cc(-c2nc(-c3ccccc3)nc(-c3ccccc3)n2)c1.N[I-]I.OB(O)c1ccnc2ccccc12. The zero-order chi connectivity index (χ0) is 53.5. The predicted molar refractivity (Wildman–Crippen MR) is 321 cm³/mol. The zero-order valence-corrected chi connectivity index (χ0v) is 47.9. The van der Waals surface area contributed by atoms with Gasteiger partial charge in [-0.3, -0.25) is 9.97 Å². The fraction of sp³-hybridized carbons (Fsp3) is 0. The average molecular weight is 1340 g/mol. The quantitative estimate of drug-likeness (QED) is 0.0752. The summed E-state index contributed by atoms with van der Waals surface area (Å²) in [4.78, 5) is 37.1. The molecule has 4 aromatic heterocycles. The predicted octanol–water partition coefficient (Wildman–Crippen LogP) is 11.2. The Labute approximate surface area is 483 Å². The second kappa shape index (κ2) is 26.9. The minimum atomic E-state index is -1.44. The van der Waals surface area contributed by atoms with Crippen molar-refractivity contribution >= 4 is 92.1 Å². The van der Waals surface area contributed by atoms with Crippen LogP contribution >= 0.6 is 57.7 Å². The molecule has 4 N–H and O–H groups in total. The van der Waals surface area contributed by atoms with Gasteiger partial charge in [-0.2, -0.15) is 0 Å². The van der Waals surface area contributed by atoms with Crippen molar-refractivity contribution in [2.75, 3.05) is 0 Å². The molecule has 8 aromatic carbocycles. The number of hydrogen-bond acceptors (Lipinski definition) is 11. The van der Waals surface area contributed by atoms with Crippen LogP contribution in [0.3, 0.4) is 0 Å². The summed E-state index contributed by atoms with van der Waals surface area (Å²) in [5.74, 6) is 3.65. The van der Waals surface area contributed by atoms with Crippen LogP contribution in [0.15, 0.2) is 235 Å². The molecule has 77 heavy (non-hydrogen) atoms. The van der Waals surface area contributed by atoms with Crippen molar-refractivity contribution in [3.05, 3.63) is 245 Å². The van der Waals surface area contributed by atoms with E-state index in [4.69, 9.17) is 52.1 Å². The number of rotatable bonds is 8. The van der Waals surface area contributed by atoms with Crippen LogP contribution in [0.25, 0.3) is 101 Å². The van der Waals surface area contributed by atoms with Crippen LogP contribution in [0, 0.1) is 0 Å². The number of aromatic nitrogens is 8. The molecule has 0 aliphatic carbocycles. The molecule has 0 saturated heterocycles. The van der Waals surface area contributed by atoms with Gasteiger partial charge in [0.1, 0.15) is 0 Å². The van der Waals surface area contributed by atoms with Gasteiger partial charge < -0.3 is 10.0 Å². The smallest absolute Gasteiger partial charge is 0.423 e. The third kappa shape index (κ3) is 14.4. The zero-order valence-electron chi connectivity index (χ0n) is 40.5. The standard InChI is InChI=1S/C30H19ClN4.C21H13BrClN3.C9H8BNO2.H2I2N/c31-24-18-22(25-15-16-32-27-14-8-7-13-26(25)27)17-23(19-24)30-34-28(20-9-3-1-4-10-20)33-29(35-30)21-11-5-2-6-12-21;22-17-11-16(12-18(23)13-17)21-25-19(14-7-3-1-4-8-14)24-20(26-21)15-9-5-2-6-10-15;12-10(13)8-5-6-11-9-4-2-1-3-7(8)9;1-2-3/h1-19H;1-13H;1-6,12-13H;3H2/q;;;-1. The largest absolute Gasteiger partial charge is 0.489 e. The van der Waals surface area contributed by atoms with Gasteiger partial charge in [0, 0.05) is 65.7 Å². The summed E-state index contributed by atoms with van der Waals surface area (Å²) < 4.78 is 5.82. The molecule has 11 nitrogen and oxygen atoms in total. The first-order valence-electron chi connectivity index (χ1n) is 23.6. The van der Waals surface area contributed by atoms with Crippen LogP contribution in [-0.4, -0.2) is 57.0 Å². The third-order valence-corrected chi connectivity index (χ3v) is 12.5. The molecular formula is C60H42BBrCl2I2N9O2-. The van der Waals surface area contributed by atoms with Crippen LogP contribution in [0.4, 0.5) is 0 Å². The Hall–Kier alpha value is -6.94. The number of para-hydroxylation sites is 2. The Morgan fingerprint density at radius 2 is 0.740 bits per heavy atom. The average Bonchev–Trinajstić information content (AvgIpc) is 3.49. The van der Waals surface area contributed by atoms with Gasteiger partial charge in [-0.25, -0.2) is 29.9 Å². The van der Waals surface area contributed by atoms with Crippen LogP contribution in [-0.2, 0) is 0 Å². The Morgan fingerprint density at radius 3 is 1.17 bits per heavy atom. The van der Waals surface area contributed by atoms with E-state index in [1.165, 1.54) is 0 Å².